The van der Waals surface area contributed by atoms with Gasteiger partial charge >= 0.3 is 5.97 Å². The molecule has 0 aliphatic heterocycles. The Balaban J connectivity index is 2.62. The number of carbonyl (C=O) groups is 1. The Morgan fingerprint density at radius 2 is 1.88 bits per heavy atom. The monoisotopic (exact) mass is 235 g/mol. The van der Waals surface area contributed by atoms with Crippen LogP contribution in [0, 0.1) is 0 Å². The molecular formula is C14H21NO2. The Hall–Kier alpha value is -1.35. The minimum absolute atomic E-state index is 0.134. The second kappa shape index (κ2) is 6.40. The summed E-state index contributed by atoms with van der Waals surface area (Å²) in [6.07, 6.45) is 1.04. The van der Waals surface area contributed by atoms with E-state index in [9.17, 15) is 4.79 Å². The smallest absolute Gasteiger partial charge is 0.322 e. The van der Waals surface area contributed by atoms with Crippen LogP contribution in [0.1, 0.15) is 37.9 Å². The highest BCUT2D eigenvalue weighted by atomic mass is 16.5. The molecule has 1 aromatic carbocycles. The summed E-state index contributed by atoms with van der Waals surface area (Å²) in [6.45, 7) is 5.99. The Kier molecular flexibility index (Phi) is 5.16. The third kappa shape index (κ3) is 3.86. The molecule has 1 aromatic rings. The molecule has 0 aliphatic carbocycles. The number of benzene rings is 1. The van der Waals surface area contributed by atoms with Crippen LogP contribution in [0.5, 0.6) is 0 Å². The van der Waals surface area contributed by atoms with Crippen LogP contribution in [0.25, 0.3) is 0 Å². The molecule has 2 atom stereocenters. The molecule has 1 N–H and O–H groups in total. The van der Waals surface area contributed by atoms with Gasteiger partial charge in [0.25, 0.3) is 0 Å². The van der Waals surface area contributed by atoms with Crippen LogP contribution in [-0.2, 0) is 16.0 Å². The fourth-order valence-corrected chi connectivity index (χ4v) is 1.76. The van der Waals surface area contributed by atoms with E-state index in [1.165, 1.54) is 18.2 Å². The van der Waals surface area contributed by atoms with E-state index in [1.54, 1.807) is 0 Å². The number of esters is 1. The first-order valence-electron chi connectivity index (χ1n) is 6.01. The average molecular weight is 235 g/mol. The molecule has 0 aliphatic rings. The minimum Gasteiger partial charge on any atom is -0.468 e. The molecule has 0 aromatic heterocycles. The first kappa shape index (κ1) is 13.7. The summed E-state index contributed by atoms with van der Waals surface area (Å²) in [5.41, 5.74) is 2.50. The summed E-state index contributed by atoms with van der Waals surface area (Å²) in [4.78, 5) is 11.3. The molecule has 94 valence electrons. The van der Waals surface area contributed by atoms with Gasteiger partial charge in [-0.3, -0.25) is 10.1 Å². The van der Waals surface area contributed by atoms with Crippen molar-refractivity contribution >= 4 is 5.97 Å². The van der Waals surface area contributed by atoms with Crippen molar-refractivity contribution in [2.24, 2.45) is 0 Å². The van der Waals surface area contributed by atoms with Gasteiger partial charge in [0, 0.05) is 6.04 Å². The van der Waals surface area contributed by atoms with Crippen molar-refractivity contribution in [2.45, 2.75) is 39.3 Å². The van der Waals surface area contributed by atoms with Gasteiger partial charge < -0.3 is 4.74 Å². The normalized spacial score (nSPS) is 14.1. The van der Waals surface area contributed by atoms with Crippen LogP contribution in [0.2, 0.25) is 0 Å². The Morgan fingerprint density at radius 3 is 2.35 bits per heavy atom. The van der Waals surface area contributed by atoms with Crippen molar-refractivity contribution in [1.29, 1.82) is 0 Å². The highest BCUT2D eigenvalue weighted by molar-refractivity contribution is 5.75. The number of aryl methyl sites for hydroxylation is 1. The van der Waals surface area contributed by atoms with E-state index in [2.05, 4.69) is 41.2 Å². The quantitative estimate of drug-likeness (QED) is 0.797. The summed E-state index contributed by atoms with van der Waals surface area (Å²) in [5, 5.41) is 3.21. The fraction of sp³-hybridized carbons (Fsp3) is 0.500. The molecule has 3 heteroatoms. The van der Waals surface area contributed by atoms with Gasteiger partial charge in [-0.15, -0.1) is 0 Å². The third-order valence-corrected chi connectivity index (χ3v) is 2.94. The van der Waals surface area contributed by atoms with E-state index in [4.69, 9.17) is 0 Å². The maximum atomic E-state index is 11.3. The highest BCUT2D eigenvalue weighted by Gasteiger charge is 2.16. The van der Waals surface area contributed by atoms with E-state index in [0.717, 1.165) is 6.42 Å². The predicted octanol–water partition coefficient (Wildman–Crippen LogP) is 2.46. The first-order chi connectivity index (χ1) is 8.08. The van der Waals surface area contributed by atoms with E-state index < -0.39 is 0 Å². The fourth-order valence-electron chi connectivity index (χ4n) is 1.76. The Bertz CT molecular complexity index is 359. The van der Waals surface area contributed by atoms with Gasteiger partial charge in [-0.1, -0.05) is 31.2 Å². The topological polar surface area (TPSA) is 38.3 Å². The molecule has 0 saturated heterocycles. The number of rotatable bonds is 5. The summed E-state index contributed by atoms with van der Waals surface area (Å²) >= 11 is 0. The maximum absolute atomic E-state index is 11.3. The lowest BCUT2D eigenvalue weighted by Crippen LogP contribution is -2.36. The van der Waals surface area contributed by atoms with Crippen molar-refractivity contribution in [1.82, 2.24) is 5.32 Å². The molecule has 17 heavy (non-hydrogen) atoms. The van der Waals surface area contributed by atoms with Crippen molar-refractivity contribution in [3.8, 4) is 0 Å². The SMILES string of the molecule is CCc1ccc(C(C)N[C@@H](C)C(=O)OC)cc1. The molecule has 0 radical (unpaired) electrons. The Morgan fingerprint density at radius 1 is 1.29 bits per heavy atom. The number of carbonyl (C=O) groups excluding carboxylic acids is 1. The van der Waals surface area contributed by atoms with E-state index >= 15 is 0 Å². The van der Waals surface area contributed by atoms with Gasteiger partial charge in [0.1, 0.15) is 6.04 Å². The third-order valence-electron chi connectivity index (χ3n) is 2.94. The zero-order valence-corrected chi connectivity index (χ0v) is 11.0. The molecule has 0 heterocycles. The lowest BCUT2D eigenvalue weighted by atomic mass is 10.0. The number of hydrogen-bond donors (Lipinski definition) is 1. The van der Waals surface area contributed by atoms with Crippen molar-refractivity contribution in [3.05, 3.63) is 35.4 Å². The molecule has 0 spiro atoms. The summed E-state index contributed by atoms with van der Waals surface area (Å²) in [6, 6.07) is 8.28. The summed E-state index contributed by atoms with van der Waals surface area (Å²) < 4.78 is 4.68. The molecule has 1 rings (SSSR count). The predicted molar refractivity (Wildman–Crippen MR) is 68.8 cm³/mol. The Labute approximate surface area is 103 Å². The molecule has 0 amide bonds. The zero-order chi connectivity index (χ0) is 12.8. The average Bonchev–Trinajstić information content (AvgIpc) is 2.37. The van der Waals surface area contributed by atoms with Crippen LogP contribution >= 0.6 is 0 Å². The van der Waals surface area contributed by atoms with Crippen LogP contribution in [0.4, 0.5) is 0 Å². The number of nitrogens with one attached hydrogen (secondary N) is 1. The lowest BCUT2D eigenvalue weighted by Gasteiger charge is -2.18. The molecule has 0 bridgehead atoms. The van der Waals surface area contributed by atoms with Gasteiger partial charge in [-0.25, -0.2) is 0 Å². The minimum atomic E-state index is -0.291. The van der Waals surface area contributed by atoms with Crippen LogP contribution in [0.3, 0.4) is 0 Å². The number of methoxy groups -OCH3 is 1. The van der Waals surface area contributed by atoms with Crippen molar-refractivity contribution < 1.29 is 9.53 Å². The largest absolute Gasteiger partial charge is 0.468 e. The zero-order valence-electron chi connectivity index (χ0n) is 11.0. The molecule has 0 saturated carbocycles. The highest BCUT2D eigenvalue weighted by Crippen LogP contribution is 2.14. The van der Waals surface area contributed by atoms with Gasteiger partial charge in [-0.05, 0) is 31.4 Å². The molecular weight excluding hydrogens is 214 g/mol. The summed E-state index contributed by atoms with van der Waals surface area (Å²) in [5.74, 6) is -0.234. The van der Waals surface area contributed by atoms with Gasteiger partial charge in [-0.2, -0.15) is 0 Å². The van der Waals surface area contributed by atoms with Gasteiger partial charge in [0.2, 0.25) is 0 Å². The van der Waals surface area contributed by atoms with Crippen LogP contribution < -0.4 is 5.32 Å². The second-order valence-corrected chi connectivity index (χ2v) is 4.23. The van der Waals surface area contributed by atoms with E-state index in [-0.39, 0.29) is 18.1 Å². The number of hydrogen-bond acceptors (Lipinski definition) is 3. The summed E-state index contributed by atoms with van der Waals surface area (Å²) in [7, 11) is 1.40. The van der Waals surface area contributed by atoms with Crippen LogP contribution in [-0.4, -0.2) is 19.1 Å². The van der Waals surface area contributed by atoms with E-state index in [0.29, 0.717) is 0 Å². The standard InChI is InChI=1S/C14H21NO2/c1-5-12-6-8-13(9-7-12)10(2)15-11(3)14(16)17-4/h6-11,15H,5H2,1-4H3/t10?,11-/m0/s1. The van der Waals surface area contributed by atoms with Crippen molar-refractivity contribution in [3.63, 3.8) is 0 Å². The first-order valence-corrected chi connectivity index (χ1v) is 6.01. The van der Waals surface area contributed by atoms with Crippen LogP contribution in [0.15, 0.2) is 24.3 Å². The van der Waals surface area contributed by atoms with Gasteiger partial charge in [0.05, 0.1) is 7.11 Å². The van der Waals surface area contributed by atoms with E-state index in [1.807, 2.05) is 13.8 Å². The molecule has 1 unspecified atom stereocenters. The number of ether oxygens (including phenoxy) is 1. The maximum Gasteiger partial charge on any atom is 0.322 e. The lowest BCUT2D eigenvalue weighted by molar-refractivity contribution is -0.142. The van der Waals surface area contributed by atoms with Crippen molar-refractivity contribution in [2.75, 3.05) is 7.11 Å². The molecule has 0 fully saturated rings. The van der Waals surface area contributed by atoms with Gasteiger partial charge in [0.15, 0.2) is 0 Å². The second-order valence-electron chi connectivity index (χ2n) is 4.23. The molecule has 3 nitrogen and oxygen atoms in total.